The quantitative estimate of drug-likeness (QED) is 0.508. The Hall–Kier alpha value is -3.27. The van der Waals surface area contributed by atoms with Gasteiger partial charge < -0.3 is 23.8 Å². The zero-order valence-corrected chi connectivity index (χ0v) is 18.9. The fraction of sp³-hybridized carbons (Fsp3) is 0.364. The number of ether oxygens (including phenoxy) is 2. The molecule has 1 amide bonds. The Labute approximate surface area is 190 Å². The second kappa shape index (κ2) is 10.4. The molecule has 1 aliphatic rings. The van der Waals surface area contributed by atoms with Gasteiger partial charge in [-0.3, -0.25) is 4.79 Å². The largest absolute Gasteiger partial charge is 0.493 e. The highest BCUT2D eigenvalue weighted by molar-refractivity contribution is 7.99. The molecule has 3 heterocycles. The van der Waals surface area contributed by atoms with Crippen LogP contribution >= 0.6 is 11.8 Å². The number of methoxy groups -OCH3 is 2. The number of rotatable bonds is 8. The highest BCUT2D eigenvalue weighted by Crippen LogP contribution is 2.31. The molecule has 0 atom stereocenters. The molecule has 1 aromatic carbocycles. The minimum Gasteiger partial charge on any atom is -0.493 e. The molecule has 1 saturated heterocycles. The van der Waals surface area contributed by atoms with Gasteiger partial charge in [-0.2, -0.15) is 4.98 Å². The highest BCUT2D eigenvalue weighted by Gasteiger charge is 2.22. The number of carbonyl (C=O) groups is 1. The fourth-order valence-corrected chi connectivity index (χ4v) is 4.20. The van der Waals surface area contributed by atoms with E-state index in [1.54, 1.807) is 32.5 Å². The molecule has 4 rings (SSSR count). The minimum absolute atomic E-state index is 0.121. The SMILES string of the molecule is COc1ccc(-c2noc(CSCC(=O)N3CCN(c4ccccn4)CC3)n2)cc1OC. The van der Waals surface area contributed by atoms with E-state index in [-0.39, 0.29) is 5.91 Å². The van der Waals surface area contributed by atoms with Crippen molar-refractivity contribution in [3.8, 4) is 22.9 Å². The molecule has 10 heteroatoms. The molecular formula is C22H25N5O4S. The summed E-state index contributed by atoms with van der Waals surface area (Å²) >= 11 is 1.47. The van der Waals surface area contributed by atoms with Gasteiger partial charge >= 0.3 is 0 Å². The lowest BCUT2D eigenvalue weighted by molar-refractivity contribution is -0.128. The first-order valence-electron chi connectivity index (χ1n) is 10.2. The Morgan fingerprint density at radius 2 is 1.91 bits per heavy atom. The molecule has 0 aliphatic carbocycles. The third-order valence-electron chi connectivity index (χ3n) is 5.17. The summed E-state index contributed by atoms with van der Waals surface area (Å²) in [6.07, 6.45) is 1.79. The van der Waals surface area contributed by atoms with E-state index in [0.29, 0.717) is 47.8 Å². The predicted molar refractivity (Wildman–Crippen MR) is 122 cm³/mol. The number of carbonyl (C=O) groups excluding carboxylic acids is 1. The van der Waals surface area contributed by atoms with Crippen molar-refractivity contribution < 1.29 is 18.8 Å². The number of piperazine rings is 1. The van der Waals surface area contributed by atoms with Crippen molar-refractivity contribution in [1.82, 2.24) is 20.0 Å². The smallest absolute Gasteiger partial charge is 0.236 e. The van der Waals surface area contributed by atoms with Gasteiger partial charge in [0.15, 0.2) is 11.5 Å². The normalized spacial score (nSPS) is 13.8. The summed E-state index contributed by atoms with van der Waals surface area (Å²) < 4.78 is 15.9. The summed E-state index contributed by atoms with van der Waals surface area (Å²) in [4.78, 5) is 25.5. The standard InChI is InChI=1S/C22H25N5O4S/c1-29-17-7-6-16(13-18(17)30-2)22-24-20(31-25-22)14-32-15-21(28)27-11-9-26(10-12-27)19-5-3-4-8-23-19/h3-8,13H,9-12,14-15H2,1-2H3. The molecule has 0 saturated carbocycles. The fourth-order valence-electron chi connectivity index (χ4n) is 3.45. The van der Waals surface area contributed by atoms with Crippen molar-refractivity contribution in [2.75, 3.05) is 51.1 Å². The van der Waals surface area contributed by atoms with Crippen molar-refractivity contribution in [2.24, 2.45) is 0 Å². The van der Waals surface area contributed by atoms with E-state index in [9.17, 15) is 4.79 Å². The van der Waals surface area contributed by atoms with E-state index in [1.165, 1.54) is 11.8 Å². The molecule has 0 spiro atoms. The number of nitrogens with zero attached hydrogens (tertiary/aromatic N) is 5. The van der Waals surface area contributed by atoms with E-state index in [4.69, 9.17) is 14.0 Å². The Bertz CT molecular complexity index is 1040. The van der Waals surface area contributed by atoms with E-state index in [1.807, 2.05) is 29.2 Å². The molecule has 168 valence electrons. The summed E-state index contributed by atoms with van der Waals surface area (Å²) in [6, 6.07) is 11.3. The molecule has 1 aliphatic heterocycles. The highest BCUT2D eigenvalue weighted by atomic mass is 32.2. The lowest BCUT2D eigenvalue weighted by Crippen LogP contribution is -2.49. The lowest BCUT2D eigenvalue weighted by atomic mass is 10.2. The van der Waals surface area contributed by atoms with Gasteiger partial charge in [0.25, 0.3) is 0 Å². The van der Waals surface area contributed by atoms with E-state index in [0.717, 1.165) is 24.5 Å². The van der Waals surface area contributed by atoms with Gasteiger partial charge in [0.05, 0.1) is 25.7 Å². The molecule has 0 unspecified atom stereocenters. The maximum absolute atomic E-state index is 12.6. The van der Waals surface area contributed by atoms with Gasteiger partial charge in [0, 0.05) is 37.9 Å². The number of thioether (sulfide) groups is 1. The number of benzene rings is 1. The minimum atomic E-state index is 0.121. The average Bonchev–Trinajstić information content (AvgIpc) is 3.33. The maximum atomic E-state index is 12.6. The van der Waals surface area contributed by atoms with Crippen LogP contribution in [0.3, 0.4) is 0 Å². The molecular weight excluding hydrogens is 430 g/mol. The Balaban J connectivity index is 1.25. The van der Waals surface area contributed by atoms with Crippen LogP contribution in [0.25, 0.3) is 11.4 Å². The lowest BCUT2D eigenvalue weighted by Gasteiger charge is -2.35. The van der Waals surface area contributed by atoms with Gasteiger partial charge in [-0.15, -0.1) is 11.8 Å². The van der Waals surface area contributed by atoms with Crippen molar-refractivity contribution in [2.45, 2.75) is 5.75 Å². The second-order valence-electron chi connectivity index (χ2n) is 7.13. The van der Waals surface area contributed by atoms with E-state index >= 15 is 0 Å². The van der Waals surface area contributed by atoms with Crippen LogP contribution in [0.2, 0.25) is 0 Å². The Morgan fingerprint density at radius 3 is 2.62 bits per heavy atom. The summed E-state index contributed by atoms with van der Waals surface area (Å²) in [5, 5.41) is 4.04. The van der Waals surface area contributed by atoms with Gasteiger partial charge in [-0.25, -0.2) is 4.98 Å². The maximum Gasteiger partial charge on any atom is 0.236 e. The molecule has 0 bridgehead atoms. The van der Waals surface area contributed by atoms with Gasteiger partial charge in [-0.05, 0) is 30.3 Å². The third-order valence-corrected chi connectivity index (χ3v) is 6.07. The zero-order chi connectivity index (χ0) is 22.3. The van der Waals surface area contributed by atoms with Crippen molar-refractivity contribution in [3.63, 3.8) is 0 Å². The van der Waals surface area contributed by atoms with Crippen molar-refractivity contribution in [1.29, 1.82) is 0 Å². The van der Waals surface area contributed by atoms with E-state index < -0.39 is 0 Å². The first kappa shape index (κ1) is 21.9. The van der Waals surface area contributed by atoms with Crippen LogP contribution in [0.15, 0.2) is 47.1 Å². The average molecular weight is 456 g/mol. The topological polar surface area (TPSA) is 93.8 Å². The predicted octanol–water partition coefficient (Wildman–Crippen LogP) is 2.73. The molecule has 32 heavy (non-hydrogen) atoms. The van der Waals surface area contributed by atoms with Crippen molar-refractivity contribution in [3.05, 3.63) is 48.5 Å². The van der Waals surface area contributed by atoms with Gasteiger partial charge in [0.2, 0.25) is 17.6 Å². The van der Waals surface area contributed by atoms with Gasteiger partial charge in [-0.1, -0.05) is 11.2 Å². The Kier molecular flexibility index (Phi) is 7.10. The number of anilines is 1. The van der Waals surface area contributed by atoms with Crippen LogP contribution in [0.1, 0.15) is 5.89 Å². The summed E-state index contributed by atoms with van der Waals surface area (Å²) in [6.45, 7) is 2.96. The number of hydrogen-bond acceptors (Lipinski definition) is 9. The molecule has 1 fully saturated rings. The number of amides is 1. The third kappa shape index (κ3) is 5.13. The Morgan fingerprint density at radius 1 is 1.09 bits per heavy atom. The zero-order valence-electron chi connectivity index (χ0n) is 18.1. The second-order valence-corrected chi connectivity index (χ2v) is 8.12. The number of hydrogen-bond donors (Lipinski definition) is 0. The first-order chi connectivity index (χ1) is 15.7. The first-order valence-corrected chi connectivity index (χ1v) is 11.4. The van der Waals surface area contributed by atoms with Crippen LogP contribution in [-0.2, 0) is 10.5 Å². The molecule has 9 nitrogen and oxygen atoms in total. The van der Waals surface area contributed by atoms with Crippen LogP contribution in [0.5, 0.6) is 11.5 Å². The molecule has 0 radical (unpaired) electrons. The van der Waals surface area contributed by atoms with E-state index in [2.05, 4.69) is 20.0 Å². The molecule has 3 aromatic rings. The summed E-state index contributed by atoms with van der Waals surface area (Å²) in [5.74, 6) is 4.10. The number of pyridine rings is 1. The number of aromatic nitrogens is 3. The van der Waals surface area contributed by atoms with Crippen LogP contribution < -0.4 is 14.4 Å². The molecule has 2 aromatic heterocycles. The monoisotopic (exact) mass is 455 g/mol. The summed E-state index contributed by atoms with van der Waals surface area (Å²) in [7, 11) is 3.16. The van der Waals surface area contributed by atoms with Gasteiger partial charge in [0.1, 0.15) is 5.82 Å². The van der Waals surface area contributed by atoms with Crippen LogP contribution in [-0.4, -0.2) is 72.1 Å². The van der Waals surface area contributed by atoms with Crippen molar-refractivity contribution >= 4 is 23.5 Å². The summed E-state index contributed by atoms with van der Waals surface area (Å²) in [5.41, 5.74) is 0.768. The molecule has 0 N–H and O–H groups in total. The van der Waals surface area contributed by atoms with Crippen LogP contribution in [0, 0.1) is 0 Å². The van der Waals surface area contributed by atoms with Crippen LogP contribution in [0.4, 0.5) is 5.82 Å².